The number of rotatable bonds is 5. The lowest BCUT2D eigenvalue weighted by Crippen LogP contribution is -2.32. The summed E-state index contributed by atoms with van der Waals surface area (Å²) in [5.74, 6) is 0.640. The van der Waals surface area contributed by atoms with Gasteiger partial charge in [0, 0.05) is 4.47 Å². The summed E-state index contributed by atoms with van der Waals surface area (Å²) in [6.07, 6.45) is 0.648. The summed E-state index contributed by atoms with van der Waals surface area (Å²) in [6, 6.07) is 7.31. The fourth-order valence-electron chi connectivity index (χ4n) is 1.58. The average molecular weight is 483 g/mol. The fraction of sp³-hybridized carbons (Fsp3) is 0.231. The van der Waals surface area contributed by atoms with Crippen molar-refractivity contribution >= 4 is 47.8 Å². The zero-order valence-electron chi connectivity index (χ0n) is 10.7. The van der Waals surface area contributed by atoms with Crippen LogP contribution in [0.5, 0.6) is 5.75 Å². The van der Waals surface area contributed by atoms with Crippen molar-refractivity contribution in [1.82, 2.24) is 9.78 Å². The Labute approximate surface area is 146 Å². The quantitative estimate of drug-likeness (QED) is 0.711. The molecular weight excluding hydrogens is 472 g/mol. The molecule has 0 aliphatic heterocycles. The third kappa shape index (κ3) is 4.64. The van der Waals surface area contributed by atoms with Gasteiger partial charge in [-0.1, -0.05) is 22.0 Å². The van der Waals surface area contributed by atoms with Gasteiger partial charge in [-0.2, -0.15) is 5.10 Å². The van der Waals surface area contributed by atoms with Crippen molar-refractivity contribution in [2.45, 2.75) is 12.6 Å². The molecule has 0 aliphatic carbocycles. The molecular formula is C13H11Br3N2O3. The van der Waals surface area contributed by atoms with Crippen LogP contribution in [0.15, 0.2) is 48.7 Å². The monoisotopic (exact) mass is 480 g/mol. The summed E-state index contributed by atoms with van der Waals surface area (Å²) >= 11 is 9.71. The second-order valence-electron chi connectivity index (χ2n) is 4.22. The van der Waals surface area contributed by atoms with Crippen molar-refractivity contribution in [3.8, 4) is 5.75 Å². The van der Waals surface area contributed by atoms with E-state index in [1.807, 2.05) is 12.1 Å². The predicted molar refractivity (Wildman–Crippen MR) is 89.5 cm³/mol. The third-order valence-corrected chi connectivity index (χ3v) is 4.96. The van der Waals surface area contributed by atoms with Crippen LogP contribution in [0.3, 0.4) is 0 Å². The van der Waals surface area contributed by atoms with Gasteiger partial charge in [0.25, 0.3) is 5.56 Å². The van der Waals surface area contributed by atoms with Gasteiger partial charge in [0.2, 0.25) is 0 Å². The topological polar surface area (TPSA) is 64.4 Å². The Bertz CT molecular complexity index is 691. The van der Waals surface area contributed by atoms with Crippen LogP contribution in [0, 0.1) is 0 Å². The molecule has 21 heavy (non-hydrogen) atoms. The molecule has 0 bridgehead atoms. The lowest BCUT2D eigenvalue weighted by atomic mass is 10.3. The summed E-state index contributed by atoms with van der Waals surface area (Å²) < 4.78 is 8.49. The lowest BCUT2D eigenvalue weighted by Gasteiger charge is -2.13. The van der Waals surface area contributed by atoms with Gasteiger partial charge in [0.15, 0.2) is 0 Å². The Morgan fingerprint density at radius 1 is 1.33 bits per heavy atom. The minimum absolute atomic E-state index is 0.0543. The summed E-state index contributed by atoms with van der Waals surface area (Å²) in [7, 11) is 0. The van der Waals surface area contributed by atoms with Crippen molar-refractivity contribution in [1.29, 1.82) is 0 Å². The number of aliphatic hydroxyl groups excluding tert-OH is 1. The molecule has 8 heteroatoms. The van der Waals surface area contributed by atoms with Gasteiger partial charge in [-0.05, 0) is 50.1 Å². The SMILES string of the molecule is O=c1c(Br)c(Br)cnn1CC(O)COc1cccc(Br)c1. The summed E-state index contributed by atoms with van der Waals surface area (Å²) in [5.41, 5.74) is -0.314. The van der Waals surface area contributed by atoms with Crippen molar-refractivity contribution < 1.29 is 9.84 Å². The van der Waals surface area contributed by atoms with Crippen LogP contribution in [0.1, 0.15) is 0 Å². The summed E-state index contributed by atoms with van der Waals surface area (Å²) in [5, 5.41) is 13.9. The number of hydrogen-bond donors (Lipinski definition) is 1. The van der Waals surface area contributed by atoms with Crippen LogP contribution >= 0.6 is 47.8 Å². The van der Waals surface area contributed by atoms with Crippen molar-refractivity contribution in [3.05, 3.63) is 54.2 Å². The van der Waals surface area contributed by atoms with Crippen molar-refractivity contribution in [2.75, 3.05) is 6.61 Å². The van der Waals surface area contributed by atoms with Gasteiger partial charge in [-0.3, -0.25) is 4.79 Å². The minimum Gasteiger partial charge on any atom is -0.491 e. The van der Waals surface area contributed by atoms with E-state index in [4.69, 9.17) is 4.74 Å². The number of halogens is 3. The molecule has 1 heterocycles. The van der Waals surface area contributed by atoms with Crippen LogP contribution in [-0.4, -0.2) is 27.6 Å². The Hall–Kier alpha value is -0.700. The Morgan fingerprint density at radius 2 is 2.10 bits per heavy atom. The van der Waals surface area contributed by atoms with Gasteiger partial charge in [-0.15, -0.1) is 0 Å². The second kappa shape index (κ2) is 7.53. The molecule has 1 aromatic carbocycles. The van der Waals surface area contributed by atoms with E-state index in [2.05, 4.69) is 52.9 Å². The largest absolute Gasteiger partial charge is 0.491 e. The molecule has 0 aliphatic rings. The van der Waals surface area contributed by atoms with Gasteiger partial charge in [0.1, 0.15) is 22.9 Å². The molecule has 0 spiro atoms. The van der Waals surface area contributed by atoms with E-state index in [-0.39, 0.29) is 18.7 Å². The summed E-state index contributed by atoms with van der Waals surface area (Å²) in [6.45, 7) is 0.122. The molecule has 0 saturated carbocycles. The second-order valence-corrected chi connectivity index (χ2v) is 6.78. The molecule has 5 nitrogen and oxygen atoms in total. The van der Waals surface area contributed by atoms with E-state index >= 15 is 0 Å². The molecule has 0 radical (unpaired) electrons. The first kappa shape index (κ1) is 16.7. The summed E-state index contributed by atoms with van der Waals surface area (Å²) in [4.78, 5) is 11.9. The van der Waals surface area contributed by atoms with E-state index in [1.165, 1.54) is 10.9 Å². The van der Waals surface area contributed by atoms with E-state index in [1.54, 1.807) is 12.1 Å². The number of hydrogen-bond acceptors (Lipinski definition) is 4. The third-order valence-electron chi connectivity index (χ3n) is 2.56. The van der Waals surface area contributed by atoms with E-state index in [9.17, 15) is 9.90 Å². The molecule has 0 fully saturated rings. The van der Waals surface area contributed by atoms with Gasteiger partial charge < -0.3 is 9.84 Å². The molecule has 0 saturated heterocycles. The maximum atomic E-state index is 11.9. The van der Waals surface area contributed by atoms with Crippen LogP contribution in [-0.2, 0) is 6.54 Å². The van der Waals surface area contributed by atoms with E-state index in [0.717, 1.165) is 4.47 Å². The number of nitrogens with zero attached hydrogens (tertiary/aromatic N) is 2. The Kier molecular flexibility index (Phi) is 5.98. The smallest absolute Gasteiger partial charge is 0.282 e. The highest BCUT2D eigenvalue weighted by Gasteiger charge is 2.12. The van der Waals surface area contributed by atoms with E-state index < -0.39 is 6.10 Å². The normalized spacial score (nSPS) is 12.2. The first-order chi connectivity index (χ1) is 9.97. The maximum Gasteiger partial charge on any atom is 0.282 e. The highest BCUT2D eigenvalue weighted by molar-refractivity contribution is 9.13. The zero-order chi connectivity index (χ0) is 15.4. The number of aromatic nitrogens is 2. The van der Waals surface area contributed by atoms with Crippen LogP contribution < -0.4 is 10.3 Å². The van der Waals surface area contributed by atoms with Crippen LogP contribution in [0.2, 0.25) is 0 Å². The molecule has 1 unspecified atom stereocenters. The van der Waals surface area contributed by atoms with Crippen molar-refractivity contribution in [2.24, 2.45) is 0 Å². The van der Waals surface area contributed by atoms with Gasteiger partial charge >= 0.3 is 0 Å². The molecule has 0 amide bonds. The first-order valence-electron chi connectivity index (χ1n) is 5.95. The van der Waals surface area contributed by atoms with Gasteiger partial charge in [0.05, 0.1) is 17.2 Å². The van der Waals surface area contributed by atoms with Gasteiger partial charge in [-0.25, -0.2) is 4.68 Å². The number of benzene rings is 1. The molecule has 1 N–H and O–H groups in total. The maximum absolute atomic E-state index is 11.9. The standard InChI is InChI=1S/C13H11Br3N2O3/c14-8-2-1-3-10(4-8)21-7-9(19)6-18-13(20)12(16)11(15)5-17-18/h1-5,9,19H,6-7H2. The Balaban J connectivity index is 1.98. The Morgan fingerprint density at radius 3 is 2.81 bits per heavy atom. The fourth-order valence-corrected chi connectivity index (χ4v) is 2.52. The number of aliphatic hydroxyl groups is 1. The lowest BCUT2D eigenvalue weighted by molar-refractivity contribution is 0.0878. The van der Waals surface area contributed by atoms with Crippen LogP contribution in [0.4, 0.5) is 0 Å². The predicted octanol–water partition coefficient (Wildman–Crippen LogP) is 2.97. The molecule has 112 valence electrons. The zero-order valence-corrected chi connectivity index (χ0v) is 15.4. The first-order valence-corrected chi connectivity index (χ1v) is 8.33. The minimum atomic E-state index is -0.845. The highest BCUT2D eigenvalue weighted by atomic mass is 79.9. The molecule has 2 rings (SSSR count). The van der Waals surface area contributed by atoms with Crippen LogP contribution in [0.25, 0.3) is 0 Å². The molecule has 2 aromatic rings. The highest BCUT2D eigenvalue weighted by Crippen LogP contribution is 2.18. The van der Waals surface area contributed by atoms with E-state index in [0.29, 0.717) is 14.7 Å². The number of ether oxygens (including phenoxy) is 1. The average Bonchev–Trinajstić information content (AvgIpc) is 2.46. The molecule has 1 atom stereocenters. The molecule has 1 aromatic heterocycles. The van der Waals surface area contributed by atoms with Crippen molar-refractivity contribution in [3.63, 3.8) is 0 Å².